The maximum absolute atomic E-state index is 11.6. The second kappa shape index (κ2) is 7.14. The predicted molar refractivity (Wildman–Crippen MR) is 66.9 cm³/mol. The molecule has 5 heteroatoms. The molecule has 0 fully saturated rings. The Morgan fingerprint density at radius 1 is 1.24 bits per heavy atom. The summed E-state index contributed by atoms with van der Waals surface area (Å²) in [7, 11) is 1.69. The zero-order chi connectivity index (χ0) is 13.6. The van der Waals surface area contributed by atoms with Crippen molar-refractivity contribution in [2.75, 3.05) is 13.6 Å². The van der Waals surface area contributed by atoms with Gasteiger partial charge < -0.3 is 15.3 Å². The van der Waals surface area contributed by atoms with E-state index in [1.165, 1.54) is 0 Å². The SMILES string of the molecule is CC(C)CC(CNC(=O)N(C)C(C)C)C(=O)O. The zero-order valence-corrected chi connectivity index (χ0v) is 11.4. The van der Waals surface area contributed by atoms with Gasteiger partial charge in [0, 0.05) is 19.6 Å². The zero-order valence-electron chi connectivity index (χ0n) is 11.4. The van der Waals surface area contributed by atoms with Crippen LogP contribution < -0.4 is 5.32 Å². The summed E-state index contributed by atoms with van der Waals surface area (Å²) in [6, 6.07) is -0.126. The van der Waals surface area contributed by atoms with E-state index in [0.717, 1.165) is 0 Å². The molecule has 2 N–H and O–H groups in total. The summed E-state index contributed by atoms with van der Waals surface area (Å²) in [5.41, 5.74) is 0. The molecule has 0 saturated heterocycles. The molecular weight excluding hydrogens is 220 g/mol. The highest BCUT2D eigenvalue weighted by Crippen LogP contribution is 2.11. The fourth-order valence-electron chi connectivity index (χ4n) is 1.41. The Bertz CT molecular complexity index is 264. The van der Waals surface area contributed by atoms with E-state index >= 15 is 0 Å². The Balaban J connectivity index is 4.22. The van der Waals surface area contributed by atoms with Crippen molar-refractivity contribution in [2.24, 2.45) is 11.8 Å². The number of urea groups is 1. The van der Waals surface area contributed by atoms with E-state index in [4.69, 9.17) is 5.11 Å². The summed E-state index contributed by atoms with van der Waals surface area (Å²) in [6.45, 7) is 7.93. The number of hydrogen-bond acceptors (Lipinski definition) is 2. The Kier molecular flexibility index (Phi) is 6.61. The number of aliphatic carboxylic acids is 1. The number of carbonyl (C=O) groups excluding carboxylic acids is 1. The molecule has 0 aromatic carbocycles. The van der Waals surface area contributed by atoms with Crippen molar-refractivity contribution in [3.63, 3.8) is 0 Å². The molecule has 0 bridgehead atoms. The third-order valence-electron chi connectivity index (χ3n) is 2.70. The van der Waals surface area contributed by atoms with Crippen LogP contribution in [0.25, 0.3) is 0 Å². The normalized spacial score (nSPS) is 12.6. The van der Waals surface area contributed by atoms with Crippen molar-refractivity contribution in [1.29, 1.82) is 0 Å². The molecule has 0 rings (SSSR count). The fourth-order valence-corrected chi connectivity index (χ4v) is 1.41. The van der Waals surface area contributed by atoms with Crippen LogP contribution >= 0.6 is 0 Å². The molecule has 0 saturated carbocycles. The summed E-state index contributed by atoms with van der Waals surface area (Å²) in [5, 5.41) is 11.7. The van der Waals surface area contributed by atoms with E-state index in [0.29, 0.717) is 12.3 Å². The van der Waals surface area contributed by atoms with E-state index in [-0.39, 0.29) is 18.6 Å². The van der Waals surface area contributed by atoms with Gasteiger partial charge in [-0.15, -0.1) is 0 Å². The van der Waals surface area contributed by atoms with Gasteiger partial charge in [0.1, 0.15) is 0 Å². The second-order valence-corrected chi connectivity index (χ2v) is 5.06. The average molecular weight is 244 g/mol. The quantitative estimate of drug-likeness (QED) is 0.748. The number of carbonyl (C=O) groups is 2. The molecule has 1 atom stereocenters. The lowest BCUT2D eigenvalue weighted by Gasteiger charge is -2.23. The molecule has 0 spiro atoms. The molecule has 5 nitrogen and oxygen atoms in total. The minimum Gasteiger partial charge on any atom is -0.481 e. The van der Waals surface area contributed by atoms with E-state index in [2.05, 4.69) is 5.32 Å². The van der Waals surface area contributed by atoms with Crippen molar-refractivity contribution in [3.8, 4) is 0 Å². The molecular formula is C12H24N2O3. The van der Waals surface area contributed by atoms with Gasteiger partial charge in [0.15, 0.2) is 0 Å². The topological polar surface area (TPSA) is 69.6 Å². The van der Waals surface area contributed by atoms with Gasteiger partial charge >= 0.3 is 12.0 Å². The van der Waals surface area contributed by atoms with Crippen molar-refractivity contribution in [1.82, 2.24) is 10.2 Å². The fraction of sp³-hybridized carbons (Fsp3) is 0.833. The highest BCUT2D eigenvalue weighted by atomic mass is 16.4. The van der Waals surface area contributed by atoms with Gasteiger partial charge in [-0.25, -0.2) is 4.79 Å². The summed E-state index contributed by atoms with van der Waals surface area (Å²) in [4.78, 5) is 24.2. The third-order valence-corrected chi connectivity index (χ3v) is 2.70. The molecule has 0 aliphatic heterocycles. The van der Waals surface area contributed by atoms with Crippen LogP contribution in [0.5, 0.6) is 0 Å². The molecule has 0 aromatic rings. The highest BCUT2D eigenvalue weighted by Gasteiger charge is 2.20. The lowest BCUT2D eigenvalue weighted by atomic mass is 9.97. The van der Waals surface area contributed by atoms with Gasteiger partial charge in [-0.05, 0) is 26.2 Å². The summed E-state index contributed by atoms with van der Waals surface area (Å²) in [5.74, 6) is -1.07. The number of nitrogens with one attached hydrogen (secondary N) is 1. The van der Waals surface area contributed by atoms with E-state index in [9.17, 15) is 9.59 Å². The maximum Gasteiger partial charge on any atom is 0.317 e. The first kappa shape index (κ1) is 15.7. The van der Waals surface area contributed by atoms with E-state index < -0.39 is 11.9 Å². The van der Waals surface area contributed by atoms with Crippen LogP contribution in [0, 0.1) is 11.8 Å². The number of carboxylic acid groups (broad SMARTS) is 1. The van der Waals surface area contributed by atoms with Crippen LogP contribution in [0.4, 0.5) is 4.79 Å². The van der Waals surface area contributed by atoms with Crippen LogP contribution in [0.15, 0.2) is 0 Å². The maximum atomic E-state index is 11.6. The van der Waals surface area contributed by atoms with Gasteiger partial charge in [-0.2, -0.15) is 0 Å². The lowest BCUT2D eigenvalue weighted by molar-refractivity contribution is -0.142. The number of hydrogen-bond donors (Lipinski definition) is 2. The average Bonchev–Trinajstić information content (AvgIpc) is 2.21. The third kappa shape index (κ3) is 6.14. The molecule has 0 heterocycles. The molecule has 0 aliphatic carbocycles. The first-order valence-electron chi connectivity index (χ1n) is 5.99. The first-order valence-corrected chi connectivity index (χ1v) is 5.99. The van der Waals surface area contributed by atoms with Crippen LogP contribution in [0.3, 0.4) is 0 Å². The van der Waals surface area contributed by atoms with Gasteiger partial charge in [0.05, 0.1) is 5.92 Å². The molecule has 100 valence electrons. The monoisotopic (exact) mass is 244 g/mol. The minimum absolute atomic E-state index is 0.100. The van der Waals surface area contributed by atoms with Gasteiger partial charge in [-0.1, -0.05) is 13.8 Å². The number of amides is 2. The van der Waals surface area contributed by atoms with Gasteiger partial charge in [0.2, 0.25) is 0 Å². The first-order chi connectivity index (χ1) is 7.75. The van der Waals surface area contributed by atoms with Crippen LogP contribution in [0.2, 0.25) is 0 Å². The summed E-state index contributed by atoms with van der Waals surface area (Å²) >= 11 is 0. The standard InChI is InChI=1S/C12H24N2O3/c1-8(2)6-10(11(15)16)7-13-12(17)14(5)9(3)4/h8-10H,6-7H2,1-5H3,(H,13,17)(H,15,16). The Morgan fingerprint density at radius 3 is 2.12 bits per heavy atom. The van der Waals surface area contributed by atoms with E-state index in [1.807, 2.05) is 27.7 Å². The van der Waals surface area contributed by atoms with E-state index in [1.54, 1.807) is 11.9 Å². The summed E-state index contributed by atoms with van der Waals surface area (Å²) < 4.78 is 0. The highest BCUT2D eigenvalue weighted by molar-refractivity contribution is 5.76. The minimum atomic E-state index is -0.855. The Labute approximate surface area is 103 Å². The smallest absolute Gasteiger partial charge is 0.317 e. The Hall–Kier alpha value is -1.26. The summed E-state index contributed by atoms with van der Waals surface area (Å²) in [6.07, 6.45) is 0.570. The number of rotatable bonds is 6. The number of nitrogens with zero attached hydrogens (tertiary/aromatic N) is 1. The molecule has 2 amide bonds. The van der Waals surface area contributed by atoms with Gasteiger partial charge in [0.25, 0.3) is 0 Å². The van der Waals surface area contributed by atoms with Crippen LogP contribution in [0.1, 0.15) is 34.1 Å². The molecule has 0 radical (unpaired) electrons. The molecule has 0 aliphatic rings. The number of carboxylic acids is 1. The lowest BCUT2D eigenvalue weighted by Crippen LogP contribution is -2.44. The van der Waals surface area contributed by atoms with Crippen molar-refractivity contribution >= 4 is 12.0 Å². The largest absolute Gasteiger partial charge is 0.481 e. The van der Waals surface area contributed by atoms with Crippen molar-refractivity contribution < 1.29 is 14.7 Å². The van der Waals surface area contributed by atoms with Crippen LogP contribution in [-0.2, 0) is 4.79 Å². The molecule has 17 heavy (non-hydrogen) atoms. The molecule has 1 unspecified atom stereocenters. The second-order valence-electron chi connectivity index (χ2n) is 5.06. The van der Waals surface area contributed by atoms with Crippen molar-refractivity contribution in [2.45, 2.75) is 40.2 Å². The van der Waals surface area contributed by atoms with Crippen molar-refractivity contribution in [3.05, 3.63) is 0 Å². The van der Waals surface area contributed by atoms with Gasteiger partial charge in [-0.3, -0.25) is 4.79 Å². The van der Waals surface area contributed by atoms with Crippen LogP contribution in [-0.4, -0.2) is 41.6 Å². The predicted octanol–water partition coefficient (Wildman–Crippen LogP) is 1.78. The Morgan fingerprint density at radius 2 is 1.76 bits per heavy atom. The molecule has 0 aromatic heterocycles.